The Labute approximate surface area is 189 Å². The van der Waals surface area contributed by atoms with Crippen molar-refractivity contribution in [3.63, 3.8) is 0 Å². The van der Waals surface area contributed by atoms with Gasteiger partial charge in [-0.15, -0.1) is 11.3 Å². The number of halogens is 1. The fraction of sp³-hybridized carbons (Fsp3) is 0.0435. The van der Waals surface area contributed by atoms with E-state index in [1.54, 1.807) is 12.1 Å². The Bertz CT molecular complexity index is 1350. The van der Waals surface area contributed by atoms with Crippen LogP contribution in [0.15, 0.2) is 83.1 Å². The van der Waals surface area contributed by atoms with E-state index in [1.165, 1.54) is 35.6 Å². The number of benzene rings is 3. The summed E-state index contributed by atoms with van der Waals surface area (Å²) in [5, 5.41) is 6.10. The van der Waals surface area contributed by atoms with Crippen molar-refractivity contribution in [3.8, 4) is 21.8 Å². The molecular weight excluding hydrogens is 452 g/mol. The average molecular weight is 469 g/mol. The second-order valence-corrected chi connectivity index (χ2v) is 10.1. The van der Waals surface area contributed by atoms with Crippen LogP contribution in [0.2, 0.25) is 5.02 Å². The Kier molecular flexibility index (Phi) is 5.91. The lowest BCUT2D eigenvalue weighted by molar-refractivity contribution is 0.102. The first kappa shape index (κ1) is 21.2. The standard InChI is InChI=1S/C23H17ClN2O3S2/c1-31(28,29)18-10-7-15(8-11-18)22(27)25-17-9-12-19(20(24)13-17)21-14-30-23(26-21)16-5-3-2-4-6-16/h2-14H,1H3,(H,25,27). The monoisotopic (exact) mass is 468 g/mol. The topological polar surface area (TPSA) is 76.1 Å². The smallest absolute Gasteiger partial charge is 0.255 e. The predicted molar refractivity (Wildman–Crippen MR) is 126 cm³/mol. The largest absolute Gasteiger partial charge is 0.322 e. The number of hydrogen-bond acceptors (Lipinski definition) is 5. The van der Waals surface area contributed by atoms with Crippen LogP contribution in [0.25, 0.3) is 21.8 Å². The second-order valence-electron chi connectivity index (χ2n) is 6.85. The normalized spacial score (nSPS) is 11.3. The zero-order chi connectivity index (χ0) is 22.0. The molecular formula is C23H17ClN2O3S2. The van der Waals surface area contributed by atoms with Crippen LogP contribution in [-0.4, -0.2) is 25.6 Å². The molecule has 156 valence electrons. The van der Waals surface area contributed by atoms with Gasteiger partial charge in [-0.05, 0) is 42.5 Å². The first-order valence-corrected chi connectivity index (χ1v) is 12.4. The van der Waals surface area contributed by atoms with Crippen molar-refractivity contribution in [2.75, 3.05) is 11.6 Å². The SMILES string of the molecule is CS(=O)(=O)c1ccc(C(=O)Nc2ccc(-c3csc(-c4ccccc4)n3)c(Cl)c2)cc1. The lowest BCUT2D eigenvalue weighted by atomic mass is 10.1. The molecule has 0 saturated carbocycles. The number of amides is 1. The number of hydrogen-bond donors (Lipinski definition) is 1. The third-order valence-electron chi connectivity index (χ3n) is 4.57. The highest BCUT2D eigenvalue weighted by atomic mass is 35.5. The Hall–Kier alpha value is -3.00. The summed E-state index contributed by atoms with van der Waals surface area (Å²) in [6, 6.07) is 20.9. The van der Waals surface area contributed by atoms with Crippen molar-refractivity contribution in [2.24, 2.45) is 0 Å². The van der Waals surface area contributed by atoms with Crippen LogP contribution in [-0.2, 0) is 9.84 Å². The van der Waals surface area contributed by atoms with Crippen LogP contribution in [0.3, 0.4) is 0 Å². The Morgan fingerprint density at radius 2 is 1.71 bits per heavy atom. The quantitative estimate of drug-likeness (QED) is 0.402. The molecule has 0 radical (unpaired) electrons. The van der Waals surface area contributed by atoms with E-state index in [4.69, 9.17) is 11.6 Å². The highest BCUT2D eigenvalue weighted by Crippen LogP contribution is 2.34. The first-order chi connectivity index (χ1) is 14.8. The number of thiazole rings is 1. The summed E-state index contributed by atoms with van der Waals surface area (Å²) in [4.78, 5) is 17.3. The molecule has 1 amide bonds. The molecule has 1 aromatic heterocycles. The fourth-order valence-electron chi connectivity index (χ4n) is 2.97. The van der Waals surface area contributed by atoms with Gasteiger partial charge in [0.15, 0.2) is 9.84 Å². The summed E-state index contributed by atoms with van der Waals surface area (Å²) in [6.45, 7) is 0. The Morgan fingerprint density at radius 3 is 2.35 bits per heavy atom. The molecule has 0 aliphatic carbocycles. The van der Waals surface area contributed by atoms with Gasteiger partial charge >= 0.3 is 0 Å². The zero-order valence-electron chi connectivity index (χ0n) is 16.4. The van der Waals surface area contributed by atoms with Crippen molar-refractivity contribution < 1.29 is 13.2 Å². The average Bonchev–Trinajstić information content (AvgIpc) is 3.24. The number of carbonyl (C=O) groups is 1. The minimum absolute atomic E-state index is 0.162. The summed E-state index contributed by atoms with van der Waals surface area (Å²) in [5.41, 5.74) is 3.46. The van der Waals surface area contributed by atoms with E-state index >= 15 is 0 Å². The highest BCUT2D eigenvalue weighted by Gasteiger charge is 2.13. The third-order valence-corrected chi connectivity index (χ3v) is 6.91. The lowest BCUT2D eigenvalue weighted by Crippen LogP contribution is -2.12. The van der Waals surface area contributed by atoms with Crippen LogP contribution >= 0.6 is 22.9 Å². The molecule has 5 nitrogen and oxygen atoms in total. The highest BCUT2D eigenvalue weighted by molar-refractivity contribution is 7.90. The van der Waals surface area contributed by atoms with Crippen LogP contribution in [0.1, 0.15) is 10.4 Å². The molecule has 0 spiro atoms. The maximum atomic E-state index is 12.5. The van der Waals surface area contributed by atoms with Crippen molar-refractivity contribution in [2.45, 2.75) is 4.90 Å². The van der Waals surface area contributed by atoms with Gasteiger partial charge < -0.3 is 5.32 Å². The first-order valence-electron chi connectivity index (χ1n) is 9.23. The lowest BCUT2D eigenvalue weighted by Gasteiger charge is -2.08. The molecule has 1 N–H and O–H groups in total. The molecule has 0 aliphatic heterocycles. The van der Waals surface area contributed by atoms with Gasteiger partial charge in [0, 0.05) is 34.0 Å². The predicted octanol–water partition coefficient (Wildman–Crippen LogP) is 5.79. The number of nitrogens with one attached hydrogen (secondary N) is 1. The fourth-order valence-corrected chi connectivity index (χ4v) is 4.70. The summed E-state index contributed by atoms with van der Waals surface area (Å²) in [6.07, 6.45) is 1.12. The van der Waals surface area contributed by atoms with Gasteiger partial charge in [0.25, 0.3) is 5.91 Å². The summed E-state index contributed by atoms with van der Waals surface area (Å²) < 4.78 is 23.1. The summed E-state index contributed by atoms with van der Waals surface area (Å²) >= 11 is 8.01. The second kappa shape index (κ2) is 8.63. The van der Waals surface area contributed by atoms with E-state index < -0.39 is 9.84 Å². The molecule has 1 heterocycles. The minimum Gasteiger partial charge on any atom is -0.322 e. The van der Waals surface area contributed by atoms with Gasteiger partial charge in [0.05, 0.1) is 15.6 Å². The Morgan fingerprint density at radius 1 is 1.00 bits per heavy atom. The van der Waals surface area contributed by atoms with Gasteiger partial charge in [0.2, 0.25) is 0 Å². The minimum atomic E-state index is -3.31. The molecule has 4 aromatic rings. The maximum absolute atomic E-state index is 12.5. The van der Waals surface area contributed by atoms with Gasteiger partial charge in [0.1, 0.15) is 5.01 Å². The molecule has 0 atom stereocenters. The van der Waals surface area contributed by atoms with Crippen molar-refractivity contribution >= 4 is 44.4 Å². The molecule has 8 heteroatoms. The summed E-state index contributed by atoms with van der Waals surface area (Å²) in [7, 11) is -3.31. The third kappa shape index (κ3) is 4.85. The van der Waals surface area contributed by atoms with Crippen molar-refractivity contribution in [3.05, 3.63) is 88.8 Å². The molecule has 0 bridgehead atoms. The van der Waals surface area contributed by atoms with E-state index in [-0.39, 0.29) is 10.8 Å². The van der Waals surface area contributed by atoms with Crippen LogP contribution in [0.4, 0.5) is 5.69 Å². The van der Waals surface area contributed by atoms with E-state index in [0.29, 0.717) is 16.3 Å². The van der Waals surface area contributed by atoms with Gasteiger partial charge in [-0.25, -0.2) is 13.4 Å². The van der Waals surface area contributed by atoms with Crippen molar-refractivity contribution in [1.82, 2.24) is 4.98 Å². The van der Waals surface area contributed by atoms with E-state index in [9.17, 15) is 13.2 Å². The molecule has 4 rings (SSSR count). The van der Waals surface area contributed by atoms with E-state index in [1.807, 2.05) is 41.8 Å². The van der Waals surface area contributed by atoms with Gasteiger partial charge in [-0.2, -0.15) is 0 Å². The number of aromatic nitrogens is 1. The number of anilines is 1. The Balaban J connectivity index is 1.51. The van der Waals surface area contributed by atoms with Crippen LogP contribution in [0, 0.1) is 0 Å². The van der Waals surface area contributed by atoms with E-state index in [2.05, 4.69) is 10.3 Å². The molecule has 0 fully saturated rings. The maximum Gasteiger partial charge on any atom is 0.255 e. The molecule has 0 unspecified atom stereocenters. The number of nitrogens with zero attached hydrogens (tertiary/aromatic N) is 1. The zero-order valence-corrected chi connectivity index (χ0v) is 18.8. The number of sulfone groups is 1. The van der Waals surface area contributed by atoms with Gasteiger partial charge in [-0.3, -0.25) is 4.79 Å². The van der Waals surface area contributed by atoms with Crippen LogP contribution < -0.4 is 5.32 Å². The number of carbonyl (C=O) groups excluding carboxylic acids is 1. The summed E-state index contributed by atoms with van der Waals surface area (Å²) in [5.74, 6) is -0.358. The molecule has 0 saturated heterocycles. The molecule has 0 aliphatic rings. The number of rotatable bonds is 5. The molecule has 3 aromatic carbocycles. The van der Waals surface area contributed by atoms with Crippen molar-refractivity contribution in [1.29, 1.82) is 0 Å². The molecule has 31 heavy (non-hydrogen) atoms. The van der Waals surface area contributed by atoms with Crippen LogP contribution in [0.5, 0.6) is 0 Å². The van der Waals surface area contributed by atoms with E-state index in [0.717, 1.165) is 28.1 Å². The van der Waals surface area contributed by atoms with Gasteiger partial charge in [-0.1, -0.05) is 41.9 Å².